The van der Waals surface area contributed by atoms with E-state index in [4.69, 9.17) is 13.9 Å². The number of rotatable bonds is 10. The van der Waals surface area contributed by atoms with E-state index in [-0.39, 0.29) is 23.7 Å². The van der Waals surface area contributed by atoms with Gasteiger partial charge in [0.2, 0.25) is 5.76 Å². The van der Waals surface area contributed by atoms with E-state index in [2.05, 4.69) is 6.92 Å². The number of ether oxygens (including phenoxy) is 2. The molecule has 1 aliphatic heterocycles. The molecule has 1 unspecified atom stereocenters. The van der Waals surface area contributed by atoms with Crippen LogP contribution in [0.2, 0.25) is 0 Å². The molecule has 174 valence electrons. The van der Waals surface area contributed by atoms with Crippen LogP contribution in [0.3, 0.4) is 0 Å². The molecular formula is C26H29NO6. The molecule has 0 spiro atoms. The van der Waals surface area contributed by atoms with Crippen molar-refractivity contribution in [3.8, 4) is 11.5 Å². The SMILES string of the molecule is CCCCOc1ccc(C2c3c(oc4ccccc4c3=O)C(=O)N2CCCO)cc1OCC. The first-order valence-corrected chi connectivity index (χ1v) is 11.5. The average Bonchev–Trinajstić information content (AvgIpc) is 3.11. The molecule has 0 aliphatic carbocycles. The van der Waals surface area contributed by atoms with Crippen LogP contribution < -0.4 is 14.9 Å². The summed E-state index contributed by atoms with van der Waals surface area (Å²) in [5, 5.41) is 9.82. The molecule has 4 rings (SSSR count). The van der Waals surface area contributed by atoms with Gasteiger partial charge in [-0.3, -0.25) is 9.59 Å². The zero-order chi connectivity index (χ0) is 23.4. The lowest BCUT2D eigenvalue weighted by atomic mass is 9.98. The second kappa shape index (κ2) is 10.1. The Kier molecular flexibility index (Phi) is 6.99. The number of aliphatic hydroxyl groups is 1. The lowest BCUT2D eigenvalue weighted by molar-refractivity contribution is 0.0716. The fraction of sp³-hybridized carbons (Fsp3) is 0.385. The van der Waals surface area contributed by atoms with Crippen LogP contribution >= 0.6 is 0 Å². The van der Waals surface area contributed by atoms with Gasteiger partial charge >= 0.3 is 0 Å². The van der Waals surface area contributed by atoms with Crippen molar-refractivity contribution in [3.05, 3.63) is 69.6 Å². The molecular weight excluding hydrogens is 422 g/mol. The van der Waals surface area contributed by atoms with Gasteiger partial charge in [-0.1, -0.05) is 31.5 Å². The van der Waals surface area contributed by atoms with Crippen LogP contribution in [0.25, 0.3) is 11.0 Å². The van der Waals surface area contributed by atoms with Crippen LogP contribution in [-0.2, 0) is 0 Å². The highest BCUT2D eigenvalue weighted by Crippen LogP contribution is 2.41. The highest BCUT2D eigenvalue weighted by atomic mass is 16.5. The van der Waals surface area contributed by atoms with Crippen molar-refractivity contribution in [3.63, 3.8) is 0 Å². The fourth-order valence-corrected chi connectivity index (χ4v) is 4.19. The number of nitrogens with zero attached hydrogens (tertiary/aromatic N) is 1. The Hall–Kier alpha value is -3.32. The summed E-state index contributed by atoms with van der Waals surface area (Å²) in [5.41, 5.74) is 1.21. The summed E-state index contributed by atoms with van der Waals surface area (Å²) in [4.78, 5) is 28.4. The number of para-hydroxylation sites is 1. The molecule has 7 nitrogen and oxygen atoms in total. The quantitative estimate of drug-likeness (QED) is 0.463. The normalized spacial score (nSPS) is 15.2. The third-order valence-corrected chi connectivity index (χ3v) is 5.77. The summed E-state index contributed by atoms with van der Waals surface area (Å²) in [5.74, 6) is 0.903. The summed E-state index contributed by atoms with van der Waals surface area (Å²) in [6, 6.07) is 11.8. The molecule has 0 bridgehead atoms. The van der Waals surface area contributed by atoms with E-state index in [1.807, 2.05) is 25.1 Å². The minimum Gasteiger partial charge on any atom is -0.490 e. The molecule has 2 heterocycles. The molecule has 0 saturated heterocycles. The lowest BCUT2D eigenvalue weighted by Gasteiger charge is -2.25. The second-order valence-electron chi connectivity index (χ2n) is 7.99. The molecule has 1 aromatic heterocycles. The molecule has 1 N–H and O–H groups in total. The maximum Gasteiger partial charge on any atom is 0.290 e. The van der Waals surface area contributed by atoms with Gasteiger partial charge in [-0.15, -0.1) is 0 Å². The number of fused-ring (bicyclic) bond motifs is 2. The molecule has 1 atom stereocenters. The first-order chi connectivity index (χ1) is 16.1. The number of hydrogen-bond donors (Lipinski definition) is 1. The molecule has 1 amide bonds. The van der Waals surface area contributed by atoms with Crippen molar-refractivity contribution >= 4 is 16.9 Å². The van der Waals surface area contributed by atoms with Crippen molar-refractivity contribution in [2.75, 3.05) is 26.4 Å². The summed E-state index contributed by atoms with van der Waals surface area (Å²) in [7, 11) is 0. The summed E-state index contributed by atoms with van der Waals surface area (Å²) in [6.07, 6.45) is 2.34. The van der Waals surface area contributed by atoms with Gasteiger partial charge in [-0.2, -0.15) is 0 Å². The fourth-order valence-electron chi connectivity index (χ4n) is 4.19. The zero-order valence-corrected chi connectivity index (χ0v) is 19.0. The second-order valence-corrected chi connectivity index (χ2v) is 7.99. The van der Waals surface area contributed by atoms with Crippen molar-refractivity contribution in [1.29, 1.82) is 0 Å². The Labute approximate surface area is 192 Å². The van der Waals surface area contributed by atoms with Crippen molar-refractivity contribution < 1.29 is 23.8 Å². The molecule has 33 heavy (non-hydrogen) atoms. The van der Waals surface area contributed by atoms with Gasteiger partial charge in [0.15, 0.2) is 16.9 Å². The third-order valence-electron chi connectivity index (χ3n) is 5.77. The maximum absolute atomic E-state index is 13.5. The van der Waals surface area contributed by atoms with Gasteiger partial charge in [-0.25, -0.2) is 0 Å². The molecule has 2 aromatic carbocycles. The first-order valence-electron chi connectivity index (χ1n) is 11.5. The van der Waals surface area contributed by atoms with Gasteiger partial charge in [0, 0.05) is 13.2 Å². The molecule has 1 aliphatic rings. The van der Waals surface area contributed by atoms with Gasteiger partial charge in [0.05, 0.1) is 30.2 Å². The maximum atomic E-state index is 13.5. The van der Waals surface area contributed by atoms with Crippen LogP contribution in [-0.4, -0.2) is 42.3 Å². The van der Waals surface area contributed by atoms with E-state index in [1.54, 1.807) is 29.2 Å². The van der Waals surface area contributed by atoms with Gasteiger partial charge in [0.25, 0.3) is 5.91 Å². The highest BCUT2D eigenvalue weighted by Gasteiger charge is 2.42. The number of hydrogen-bond acceptors (Lipinski definition) is 6. The van der Waals surface area contributed by atoms with E-state index >= 15 is 0 Å². The predicted molar refractivity (Wildman–Crippen MR) is 125 cm³/mol. The van der Waals surface area contributed by atoms with Crippen LogP contribution in [0, 0.1) is 0 Å². The van der Waals surface area contributed by atoms with E-state index in [0.717, 1.165) is 18.4 Å². The van der Waals surface area contributed by atoms with E-state index in [9.17, 15) is 14.7 Å². The standard InChI is InChI=1S/C26H29NO6/c1-3-5-15-32-20-12-11-17(16-21(20)31-4-2)23-22-24(29)18-9-6-7-10-19(18)33-25(22)26(30)27(23)13-8-14-28/h6-7,9-12,16,23,28H,3-5,8,13-15H2,1-2H3. The summed E-state index contributed by atoms with van der Waals surface area (Å²) >= 11 is 0. The van der Waals surface area contributed by atoms with E-state index in [1.165, 1.54) is 0 Å². The summed E-state index contributed by atoms with van der Waals surface area (Å²) < 4.78 is 17.6. The van der Waals surface area contributed by atoms with E-state index < -0.39 is 6.04 Å². The number of amides is 1. The molecule has 0 saturated carbocycles. The van der Waals surface area contributed by atoms with Crippen LogP contribution in [0.1, 0.15) is 60.8 Å². The predicted octanol–water partition coefficient (Wildman–Crippen LogP) is 4.30. The zero-order valence-electron chi connectivity index (χ0n) is 19.0. The van der Waals surface area contributed by atoms with Gasteiger partial charge in [0.1, 0.15) is 5.58 Å². The Morgan fingerprint density at radius 3 is 2.61 bits per heavy atom. The monoisotopic (exact) mass is 451 g/mol. The smallest absolute Gasteiger partial charge is 0.290 e. The minimum absolute atomic E-state index is 0.0582. The van der Waals surface area contributed by atoms with Crippen LogP contribution in [0.4, 0.5) is 0 Å². The lowest BCUT2D eigenvalue weighted by Crippen LogP contribution is -2.31. The number of carbonyl (C=O) groups excluding carboxylic acids is 1. The molecule has 7 heteroatoms. The molecule has 0 fully saturated rings. The Morgan fingerprint density at radius 1 is 1.03 bits per heavy atom. The number of aliphatic hydroxyl groups excluding tert-OH is 1. The van der Waals surface area contributed by atoms with E-state index in [0.29, 0.717) is 54.2 Å². The van der Waals surface area contributed by atoms with Crippen molar-refractivity contribution in [2.24, 2.45) is 0 Å². The highest BCUT2D eigenvalue weighted by molar-refractivity contribution is 5.99. The average molecular weight is 452 g/mol. The topological polar surface area (TPSA) is 89.2 Å². The van der Waals surface area contributed by atoms with Gasteiger partial charge < -0.3 is 23.9 Å². The largest absolute Gasteiger partial charge is 0.490 e. The number of unbranched alkanes of at least 4 members (excludes halogenated alkanes) is 1. The first kappa shape index (κ1) is 22.9. The third kappa shape index (κ3) is 4.33. The van der Waals surface area contributed by atoms with Crippen LogP contribution in [0.15, 0.2) is 51.7 Å². The molecule has 0 radical (unpaired) electrons. The Balaban J connectivity index is 1.84. The van der Waals surface area contributed by atoms with Gasteiger partial charge in [-0.05, 0) is 49.6 Å². The number of carbonyl (C=O) groups is 1. The Morgan fingerprint density at radius 2 is 1.85 bits per heavy atom. The summed E-state index contributed by atoms with van der Waals surface area (Å²) in [6.45, 7) is 5.25. The Bertz CT molecular complexity index is 1200. The molecule has 3 aromatic rings. The van der Waals surface area contributed by atoms with Crippen LogP contribution in [0.5, 0.6) is 11.5 Å². The number of benzene rings is 2. The van der Waals surface area contributed by atoms with Crippen molar-refractivity contribution in [2.45, 2.75) is 39.2 Å². The van der Waals surface area contributed by atoms with Crippen molar-refractivity contribution in [1.82, 2.24) is 4.90 Å². The minimum atomic E-state index is -0.635.